The third-order valence-corrected chi connectivity index (χ3v) is 1.94. The minimum absolute atomic E-state index is 0.330. The van der Waals surface area contributed by atoms with E-state index in [1.165, 1.54) is 6.92 Å². The Bertz CT molecular complexity index is 399. The van der Waals surface area contributed by atoms with Crippen LogP contribution in [0.2, 0.25) is 0 Å². The molecule has 126 valence electrons. The maximum absolute atomic E-state index is 10.3. The van der Waals surface area contributed by atoms with E-state index in [2.05, 4.69) is 36.9 Å². The van der Waals surface area contributed by atoms with Crippen molar-refractivity contribution in [3.63, 3.8) is 0 Å². The fourth-order valence-corrected chi connectivity index (χ4v) is 0.861. The second-order valence-corrected chi connectivity index (χ2v) is 4.17. The molecule has 0 aliphatic heterocycles. The first-order valence-corrected chi connectivity index (χ1v) is 7.16. The lowest BCUT2D eigenvalue weighted by molar-refractivity contribution is -0.122. The number of hydrogen-bond donors (Lipinski definition) is 3. The molecule has 0 heterocycles. The van der Waals surface area contributed by atoms with E-state index in [1.54, 1.807) is 0 Å². The van der Waals surface area contributed by atoms with Crippen LogP contribution >= 0.6 is 0 Å². The molecule has 0 bridgehead atoms. The van der Waals surface area contributed by atoms with Gasteiger partial charge in [-0.1, -0.05) is 45.7 Å². The molecule has 3 N–H and O–H groups in total. The van der Waals surface area contributed by atoms with Crippen LogP contribution in [0.1, 0.15) is 34.6 Å². The number of nitrogens with one attached hydrogen (secondary N) is 3. The Morgan fingerprint density at radius 1 is 1.00 bits per heavy atom. The predicted molar refractivity (Wildman–Crippen MR) is 95.1 cm³/mol. The van der Waals surface area contributed by atoms with Gasteiger partial charge in [-0.2, -0.15) is 0 Å². The number of hydrogen-bond acceptors (Lipinski definition) is 4. The lowest BCUT2D eigenvalue weighted by atomic mass is 10.3. The van der Waals surface area contributed by atoms with E-state index in [0.29, 0.717) is 12.0 Å². The highest BCUT2D eigenvalue weighted by molar-refractivity contribution is 5.98. The Labute approximate surface area is 135 Å². The quantitative estimate of drug-likeness (QED) is 0.279. The van der Waals surface area contributed by atoms with Crippen molar-refractivity contribution in [1.82, 2.24) is 16.0 Å². The highest BCUT2D eigenvalue weighted by Gasteiger charge is 1.96. The predicted octanol–water partition coefficient (Wildman–Crippen LogP) is 2.65. The van der Waals surface area contributed by atoms with Gasteiger partial charge in [0.2, 0.25) is 6.41 Å². The zero-order valence-electron chi connectivity index (χ0n) is 14.6. The number of carbonyl (C=O) groups is 2. The molecule has 0 saturated carbocycles. The van der Waals surface area contributed by atoms with Crippen molar-refractivity contribution in [3.8, 4) is 0 Å². The number of rotatable bonds is 8. The standard InChI is InChI=1S/C10H18N2.C5H7NO2.C2H6/c1-6-11-9(4)10(5)12-7-8(2)3;1-4(2)5(8)6-3-7;1-2/h11-12H,2,4-7H2,1,3H3;3H,1H2,2H3,(H,6,7,8);1-2H3. The van der Waals surface area contributed by atoms with Crippen LogP contribution in [-0.4, -0.2) is 25.4 Å². The van der Waals surface area contributed by atoms with Gasteiger partial charge in [0.1, 0.15) is 0 Å². The molecule has 2 amide bonds. The van der Waals surface area contributed by atoms with E-state index in [-0.39, 0.29) is 0 Å². The smallest absolute Gasteiger partial charge is 0.252 e. The molecule has 0 atom stereocenters. The topological polar surface area (TPSA) is 70.2 Å². The van der Waals surface area contributed by atoms with Crippen molar-refractivity contribution in [2.24, 2.45) is 0 Å². The number of imide groups is 1. The Kier molecular flexibility index (Phi) is 18.8. The molecule has 0 fully saturated rings. The first kappa shape index (κ1) is 24.7. The fraction of sp³-hybridized carbons (Fsp3) is 0.412. The summed E-state index contributed by atoms with van der Waals surface area (Å²) in [7, 11) is 0. The molecule has 0 unspecified atom stereocenters. The largest absolute Gasteiger partial charge is 0.384 e. The number of likely N-dealkylation sites (N-methyl/N-ethyl adjacent to an activating group) is 1. The lowest BCUT2D eigenvalue weighted by Crippen LogP contribution is -2.22. The average molecular weight is 309 g/mol. The van der Waals surface area contributed by atoms with Gasteiger partial charge in [0.15, 0.2) is 0 Å². The third kappa shape index (κ3) is 17.7. The van der Waals surface area contributed by atoms with Gasteiger partial charge in [-0.3, -0.25) is 14.9 Å². The molecule has 0 aliphatic rings. The Hall–Kier alpha value is -2.30. The molecule has 0 rings (SSSR count). The summed E-state index contributed by atoms with van der Waals surface area (Å²) in [4.78, 5) is 19.8. The molecule has 5 nitrogen and oxygen atoms in total. The van der Waals surface area contributed by atoms with Crippen LogP contribution in [0.4, 0.5) is 0 Å². The van der Waals surface area contributed by atoms with Crippen LogP contribution in [0.15, 0.2) is 48.9 Å². The third-order valence-electron chi connectivity index (χ3n) is 1.94. The molecule has 0 aromatic rings. The maximum Gasteiger partial charge on any atom is 0.252 e. The van der Waals surface area contributed by atoms with Crippen LogP contribution in [-0.2, 0) is 9.59 Å². The summed E-state index contributed by atoms with van der Waals surface area (Å²) < 4.78 is 0. The van der Waals surface area contributed by atoms with E-state index in [9.17, 15) is 9.59 Å². The van der Waals surface area contributed by atoms with Gasteiger partial charge in [-0.05, 0) is 20.8 Å². The molecular weight excluding hydrogens is 278 g/mol. The van der Waals surface area contributed by atoms with Crippen molar-refractivity contribution in [1.29, 1.82) is 0 Å². The monoisotopic (exact) mass is 309 g/mol. The van der Waals surface area contributed by atoms with Gasteiger partial charge in [-0.25, -0.2) is 0 Å². The summed E-state index contributed by atoms with van der Waals surface area (Å²) in [5.41, 5.74) is 3.09. The van der Waals surface area contributed by atoms with Gasteiger partial charge in [-0.15, -0.1) is 0 Å². The molecule has 0 spiro atoms. The van der Waals surface area contributed by atoms with Crippen LogP contribution in [0.25, 0.3) is 0 Å². The lowest BCUT2D eigenvalue weighted by Gasteiger charge is -2.12. The van der Waals surface area contributed by atoms with Crippen molar-refractivity contribution in [3.05, 3.63) is 48.9 Å². The van der Waals surface area contributed by atoms with E-state index >= 15 is 0 Å². The number of carbonyl (C=O) groups excluding carboxylic acids is 2. The fourth-order valence-electron chi connectivity index (χ4n) is 0.861. The molecular formula is C17H31N3O2. The zero-order chi connectivity index (χ0) is 18.1. The summed E-state index contributed by atoms with van der Waals surface area (Å²) in [5, 5.41) is 8.12. The van der Waals surface area contributed by atoms with Crippen LogP contribution in [0, 0.1) is 0 Å². The van der Waals surface area contributed by atoms with Crippen LogP contribution in [0.3, 0.4) is 0 Å². The second-order valence-electron chi connectivity index (χ2n) is 4.17. The zero-order valence-corrected chi connectivity index (χ0v) is 14.6. The van der Waals surface area contributed by atoms with Gasteiger partial charge >= 0.3 is 0 Å². The summed E-state index contributed by atoms with van der Waals surface area (Å²) >= 11 is 0. The molecule has 0 aromatic carbocycles. The van der Waals surface area contributed by atoms with Crippen LogP contribution in [0.5, 0.6) is 0 Å². The minimum atomic E-state index is -0.431. The van der Waals surface area contributed by atoms with Gasteiger partial charge in [0.05, 0.1) is 0 Å². The molecule has 0 saturated heterocycles. The summed E-state index contributed by atoms with van der Waals surface area (Å²) in [5.74, 6) is -0.431. The van der Waals surface area contributed by atoms with E-state index < -0.39 is 5.91 Å². The van der Waals surface area contributed by atoms with E-state index in [1.807, 2.05) is 33.0 Å². The minimum Gasteiger partial charge on any atom is -0.384 e. The summed E-state index contributed by atoms with van der Waals surface area (Å²) in [6.07, 6.45) is 0.330. The summed E-state index contributed by atoms with van der Waals surface area (Å²) in [6, 6.07) is 0. The van der Waals surface area contributed by atoms with Crippen molar-refractivity contribution >= 4 is 12.3 Å². The Morgan fingerprint density at radius 2 is 1.45 bits per heavy atom. The van der Waals surface area contributed by atoms with E-state index in [4.69, 9.17) is 0 Å². The van der Waals surface area contributed by atoms with Crippen molar-refractivity contribution in [2.75, 3.05) is 13.1 Å². The van der Waals surface area contributed by atoms with Gasteiger partial charge in [0.25, 0.3) is 5.91 Å². The maximum atomic E-state index is 10.3. The molecule has 0 aliphatic carbocycles. The Morgan fingerprint density at radius 3 is 1.73 bits per heavy atom. The van der Waals surface area contributed by atoms with Crippen LogP contribution < -0.4 is 16.0 Å². The highest BCUT2D eigenvalue weighted by atomic mass is 16.2. The first-order chi connectivity index (χ1) is 10.3. The van der Waals surface area contributed by atoms with Gasteiger partial charge in [0, 0.05) is 30.1 Å². The normalized spacial score (nSPS) is 7.86. The Balaban J connectivity index is -0.000000313. The molecule has 0 radical (unpaired) electrons. The first-order valence-electron chi connectivity index (χ1n) is 7.16. The molecule has 22 heavy (non-hydrogen) atoms. The highest BCUT2D eigenvalue weighted by Crippen LogP contribution is 1.96. The molecule has 5 heteroatoms. The van der Waals surface area contributed by atoms with Gasteiger partial charge < -0.3 is 10.6 Å². The molecule has 0 aromatic heterocycles. The van der Waals surface area contributed by atoms with E-state index in [0.717, 1.165) is 30.1 Å². The second kappa shape index (κ2) is 16.8. The summed E-state index contributed by atoms with van der Waals surface area (Å²) in [6.45, 7) is 25.9. The average Bonchev–Trinajstić information content (AvgIpc) is 2.47. The SMILES string of the molecule is C=C(C)C(=O)NC=O.C=C(C)CNC(=C)C(=C)NCC.CC. The van der Waals surface area contributed by atoms with Crippen molar-refractivity contribution in [2.45, 2.75) is 34.6 Å². The van der Waals surface area contributed by atoms with Crippen molar-refractivity contribution < 1.29 is 9.59 Å². The number of amides is 2.